The molecule has 1 aromatic rings. The number of carbonyl (C=O) groups excluding carboxylic acids is 1. The highest BCUT2D eigenvalue weighted by molar-refractivity contribution is 5.97. The van der Waals surface area contributed by atoms with Crippen LogP contribution in [0.25, 0.3) is 0 Å². The second-order valence-corrected chi connectivity index (χ2v) is 5.67. The van der Waals surface area contributed by atoms with E-state index in [2.05, 4.69) is 22.5 Å². The Hall–Kier alpha value is -1.82. The van der Waals surface area contributed by atoms with E-state index in [1.807, 2.05) is 25.1 Å². The molecule has 2 N–H and O–H groups in total. The maximum atomic E-state index is 12.5. The molecule has 21 heavy (non-hydrogen) atoms. The van der Waals surface area contributed by atoms with Crippen molar-refractivity contribution in [3.8, 4) is 5.88 Å². The van der Waals surface area contributed by atoms with E-state index in [1.165, 1.54) is 0 Å². The van der Waals surface area contributed by atoms with Crippen LogP contribution in [-0.4, -0.2) is 44.7 Å². The summed E-state index contributed by atoms with van der Waals surface area (Å²) in [7, 11) is 5.41. The van der Waals surface area contributed by atoms with Crippen LogP contribution in [0.15, 0.2) is 12.3 Å². The lowest BCUT2D eigenvalue weighted by Gasteiger charge is -2.28. The predicted octanol–water partition coefficient (Wildman–Crippen LogP) is 1.48. The molecule has 0 bridgehead atoms. The summed E-state index contributed by atoms with van der Waals surface area (Å²) < 4.78 is 5.28. The van der Waals surface area contributed by atoms with Crippen LogP contribution in [0.5, 0.6) is 5.88 Å². The van der Waals surface area contributed by atoms with E-state index >= 15 is 0 Å². The molecular formula is C15H24N4O2. The van der Waals surface area contributed by atoms with Gasteiger partial charge in [0.15, 0.2) is 0 Å². The molecule has 6 heteroatoms. The van der Waals surface area contributed by atoms with Gasteiger partial charge in [-0.2, -0.15) is 0 Å². The molecule has 0 aliphatic carbocycles. The molecule has 0 aromatic carbocycles. The fourth-order valence-electron chi connectivity index (χ4n) is 2.67. The topological polar surface area (TPSA) is 66.5 Å². The number of hydrogen-bond donors (Lipinski definition) is 2. The fraction of sp³-hybridized carbons (Fsp3) is 0.600. The molecule has 2 rings (SSSR count). The number of carbonyl (C=O) groups is 1. The largest absolute Gasteiger partial charge is 0.479 e. The SMILES string of the molecule is COc1nccc(N(C)C)c1NC(=O)C1CCNC(C)C1. The molecule has 1 aliphatic heterocycles. The number of anilines is 2. The van der Waals surface area contributed by atoms with Crippen molar-refractivity contribution in [3.63, 3.8) is 0 Å². The fourth-order valence-corrected chi connectivity index (χ4v) is 2.67. The van der Waals surface area contributed by atoms with Crippen LogP contribution < -0.4 is 20.3 Å². The first-order valence-electron chi connectivity index (χ1n) is 7.27. The summed E-state index contributed by atoms with van der Waals surface area (Å²) in [5, 5.41) is 6.36. The maximum Gasteiger partial charge on any atom is 0.239 e. The predicted molar refractivity (Wildman–Crippen MR) is 83.9 cm³/mol. The van der Waals surface area contributed by atoms with Crippen molar-refractivity contribution in [3.05, 3.63) is 12.3 Å². The maximum absolute atomic E-state index is 12.5. The first-order valence-corrected chi connectivity index (χ1v) is 7.27. The van der Waals surface area contributed by atoms with Gasteiger partial charge in [0.25, 0.3) is 0 Å². The van der Waals surface area contributed by atoms with Gasteiger partial charge in [0, 0.05) is 32.3 Å². The van der Waals surface area contributed by atoms with Crippen molar-refractivity contribution in [1.29, 1.82) is 0 Å². The smallest absolute Gasteiger partial charge is 0.239 e. The summed E-state index contributed by atoms with van der Waals surface area (Å²) in [6.07, 6.45) is 3.39. The lowest BCUT2D eigenvalue weighted by molar-refractivity contribution is -0.120. The van der Waals surface area contributed by atoms with E-state index in [4.69, 9.17) is 4.74 Å². The van der Waals surface area contributed by atoms with Crippen molar-refractivity contribution in [2.24, 2.45) is 5.92 Å². The van der Waals surface area contributed by atoms with Crippen molar-refractivity contribution >= 4 is 17.3 Å². The Morgan fingerprint density at radius 3 is 2.90 bits per heavy atom. The van der Waals surface area contributed by atoms with Gasteiger partial charge < -0.3 is 20.3 Å². The molecule has 2 heterocycles. The summed E-state index contributed by atoms with van der Waals surface area (Å²) in [6, 6.07) is 2.24. The minimum absolute atomic E-state index is 0.0289. The van der Waals surface area contributed by atoms with Gasteiger partial charge in [-0.15, -0.1) is 0 Å². The first kappa shape index (κ1) is 15.6. The van der Waals surface area contributed by atoms with Crippen LogP contribution in [0, 0.1) is 5.92 Å². The number of ether oxygens (including phenoxy) is 1. The number of nitrogens with zero attached hydrogens (tertiary/aromatic N) is 2. The van der Waals surface area contributed by atoms with E-state index in [9.17, 15) is 4.79 Å². The lowest BCUT2D eigenvalue weighted by atomic mass is 9.92. The molecule has 1 saturated heterocycles. The molecule has 116 valence electrons. The molecule has 0 radical (unpaired) electrons. The van der Waals surface area contributed by atoms with Gasteiger partial charge in [-0.05, 0) is 32.4 Å². The number of piperidine rings is 1. The Balaban J connectivity index is 2.19. The molecule has 1 fully saturated rings. The van der Waals surface area contributed by atoms with Crippen molar-refractivity contribution in [1.82, 2.24) is 10.3 Å². The number of aromatic nitrogens is 1. The van der Waals surface area contributed by atoms with Gasteiger partial charge in [0.2, 0.25) is 11.8 Å². The van der Waals surface area contributed by atoms with E-state index in [-0.39, 0.29) is 11.8 Å². The Morgan fingerprint density at radius 2 is 2.29 bits per heavy atom. The Kier molecular flexibility index (Phi) is 5.01. The van der Waals surface area contributed by atoms with Gasteiger partial charge in [0.05, 0.1) is 12.8 Å². The molecular weight excluding hydrogens is 268 g/mol. The van der Waals surface area contributed by atoms with Crippen molar-refractivity contribution < 1.29 is 9.53 Å². The Morgan fingerprint density at radius 1 is 1.52 bits per heavy atom. The van der Waals surface area contributed by atoms with Gasteiger partial charge in [0.1, 0.15) is 5.69 Å². The van der Waals surface area contributed by atoms with Gasteiger partial charge >= 0.3 is 0 Å². The number of rotatable bonds is 4. The molecule has 1 aliphatic rings. The monoisotopic (exact) mass is 292 g/mol. The number of hydrogen-bond acceptors (Lipinski definition) is 5. The molecule has 0 spiro atoms. The number of methoxy groups -OCH3 is 1. The normalized spacial score (nSPS) is 21.7. The Bertz CT molecular complexity index is 504. The number of nitrogens with one attached hydrogen (secondary N) is 2. The molecule has 1 aromatic heterocycles. The van der Waals surface area contributed by atoms with Crippen molar-refractivity contribution in [2.45, 2.75) is 25.8 Å². The average molecular weight is 292 g/mol. The van der Waals surface area contributed by atoms with Crippen molar-refractivity contribution in [2.75, 3.05) is 38.0 Å². The average Bonchev–Trinajstić information content (AvgIpc) is 2.47. The zero-order valence-corrected chi connectivity index (χ0v) is 13.1. The highest BCUT2D eigenvalue weighted by atomic mass is 16.5. The molecule has 1 amide bonds. The lowest BCUT2D eigenvalue weighted by Crippen LogP contribution is -2.40. The third-order valence-electron chi connectivity index (χ3n) is 3.81. The summed E-state index contributed by atoms with van der Waals surface area (Å²) in [4.78, 5) is 18.6. The summed E-state index contributed by atoms with van der Waals surface area (Å²) in [5.41, 5.74) is 1.53. The van der Waals surface area contributed by atoms with Gasteiger partial charge in [-0.25, -0.2) is 4.98 Å². The third kappa shape index (κ3) is 3.64. The minimum Gasteiger partial charge on any atom is -0.479 e. The molecule has 2 unspecified atom stereocenters. The van der Waals surface area contributed by atoms with Crippen LogP contribution >= 0.6 is 0 Å². The van der Waals surface area contributed by atoms with E-state index in [0.717, 1.165) is 25.1 Å². The van der Waals surface area contributed by atoms with Gasteiger partial charge in [-0.3, -0.25) is 4.79 Å². The summed E-state index contributed by atoms with van der Waals surface area (Å²) in [5.74, 6) is 0.510. The van der Waals surface area contributed by atoms with Crippen LogP contribution in [0.4, 0.5) is 11.4 Å². The van der Waals surface area contributed by atoms with E-state index < -0.39 is 0 Å². The molecule has 0 saturated carbocycles. The van der Waals surface area contributed by atoms with E-state index in [1.54, 1.807) is 13.3 Å². The summed E-state index contributed by atoms with van der Waals surface area (Å²) in [6.45, 7) is 2.99. The van der Waals surface area contributed by atoms with Crippen LogP contribution in [0.2, 0.25) is 0 Å². The zero-order valence-electron chi connectivity index (χ0n) is 13.1. The molecule has 2 atom stereocenters. The molecule has 6 nitrogen and oxygen atoms in total. The minimum atomic E-state index is 0.0289. The van der Waals surface area contributed by atoms with Crippen LogP contribution in [-0.2, 0) is 4.79 Å². The van der Waals surface area contributed by atoms with Crippen LogP contribution in [0.1, 0.15) is 19.8 Å². The number of amides is 1. The summed E-state index contributed by atoms with van der Waals surface area (Å²) >= 11 is 0. The second kappa shape index (κ2) is 6.76. The Labute approximate surface area is 125 Å². The standard InChI is InChI=1S/C15H24N4O2/c1-10-9-11(5-7-16-10)14(20)18-13-12(19(2)3)6-8-17-15(13)21-4/h6,8,10-11,16H,5,7,9H2,1-4H3,(H,18,20). The third-order valence-corrected chi connectivity index (χ3v) is 3.81. The number of pyridine rings is 1. The highest BCUT2D eigenvalue weighted by Crippen LogP contribution is 2.33. The quantitative estimate of drug-likeness (QED) is 0.880. The van der Waals surface area contributed by atoms with E-state index in [0.29, 0.717) is 17.6 Å². The second-order valence-electron chi connectivity index (χ2n) is 5.67. The van der Waals surface area contributed by atoms with Gasteiger partial charge in [-0.1, -0.05) is 0 Å². The highest BCUT2D eigenvalue weighted by Gasteiger charge is 2.26. The van der Waals surface area contributed by atoms with Crippen LogP contribution in [0.3, 0.4) is 0 Å². The zero-order chi connectivity index (χ0) is 15.4. The first-order chi connectivity index (χ1) is 10.0.